The van der Waals surface area contributed by atoms with Crippen molar-refractivity contribution in [1.82, 2.24) is 20.0 Å². The fourth-order valence-corrected chi connectivity index (χ4v) is 2.63. The van der Waals surface area contributed by atoms with Crippen LogP contribution in [0.15, 0.2) is 27.6 Å². The molecule has 2 aromatic rings. The number of hydrogen-bond donors (Lipinski definition) is 1. The van der Waals surface area contributed by atoms with Crippen LogP contribution in [-0.4, -0.2) is 32.5 Å². The summed E-state index contributed by atoms with van der Waals surface area (Å²) in [7, 11) is 0. The average Bonchev–Trinajstić information content (AvgIpc) is 3.15. The molecule has 1 saturated heterocycles. The lowest BCUT2D eigenvalue weighted by Crippen LogP contribution is -2.31. The van der Waals surface area contributed by atoms with Crippen LogP contribution in [0.3, 0.4) is 0 Å². The van der Waals surface area contributed by atoms with Gasteiger partial charge in [-0.05, 0) is 25.3 Å². The molecule has 21 heavy (non-hydrogen) atoms. The van der Waals surface area contributed by atoms with Gasteiger partial charge in [-0.3, -0.25) is 4.79 Å². The summed E-state index contributed by atoms with van der Waals surface area (Å²) in [5, 5.41) is 3.85. The molecule has 1 atom stereocenters. The number of nitrogens with one attached hydrogen (secondary N) is 1. The van der Waals surface area contributed by atoms with Gasteiger partial charge < -0.3 is 14.4 Å². The Hall–Kier alpha value is -2.44. The molecule has 1 fully saturated rings. The van der Waals surface area contributed by atoms with Gasteiger partial charge in [0.15, 0.2) is 0 Å². The smallest absolute Gasteiger partial charge is 0.345 e. The van der Waals surface area contributed by atoms with E-state index < -0.39 is 5.69 Å². The van der Waals surface area contributed by atoms with Crippen LogP contribution < -0.4 is 5.69 Å². The van der Waals surface area contributed by atoms with E-state index in [1.807, 2.05) is 6.92 Å². The van der Waals surface area contributed by atoms with Crippen LogP contribution in [0.2, 0.25) is 0 Å². The highest BCUT2D eigenvalue weighted by atomic mass is 16.5. The van der Waals surface area contributed by atoms with Gasteiger partial charge in [0.25, 0.3) is 5.91 Å². The molecule has 2 aromatic heterocycles. The van der Waals surface area contributed by atoms with Gasteiger partial charge in [0.2, 0.25) is 5.76 Å². The molecular weight excluding hydrogens is 272 g/mol. The first kappa shape index (κ1) is 13.5. The van der Waals surface area contributed by atoms with Crippen molar-refractivity contribution in [2.75, 3.05) is 6.54 Å². The van der Waals surface area contributed by atoms with Crippen LogP contribution in [0.1, 0.15) is 47.7 Å². The van der Waals surface area contributed by atoms with Gasteiger partial charge in [0, 0.05) is 24.5 Å². The highest BCUT2D eigenvalue weighted by Crippen LogP contribution is 2.31. The maximum atomic E-state index is 12.5. The van der Waals surface area contributed by atoms with Gasteiger partial charge in [-0.1, -0.05) is 12.1 Å². The minimum Gasteiger partial charge on any atom is -0.351 e. The number of carbonyl (C=O) groups excluding carboxylic acids is 1. The van der Waals surface area contributed by atoms with Crippen molar-refractivity contribution in [1.29, 1.82) is 0 Å². The fourth-order valence-electron chi connectivity index (χ4n) is 2.63. The van der Waals surface area contributed by atoms with Crippen LogP contribution in [-0.2, 0) is 6.42 Å². The quantitative estimate of drug-likeness (QED) is 0.919. The van der Waals surface area contributed by atoms with E-state index >= 15 is 0 Å². The number of amides is 1. The lowest BCUT2D eigenvalue weighted by molar-refractivity contribution is 0.0690. The van der Waals surface area contributed by atoms with E-state index in [1.165, 1.54) is 6.20 Å². The van der Waals surface area contributed by atoms with Gasteiger partial charge in [0.05, 0.1) is 11.7 Å². The number of rotatable bonds is 3. The first-order valence-corrected chi connectivity index (χ1v) is 7.01. The summed E-state index contributed by atoms with van der Waals surface area (Å²) in [6.07, 6.45) is 3.87. The molecule has 7 heteroatoms. The molecule has 1 amide bonds. The van der Waals surface area contributed by atoms with E-state index in [-0.39, 0.29) is 17.7 Å². The molecule has 3 heterocycles. The number of likely N-dealkylation sites (tertiary alicyclic amines) is 1. The van der Waals surface area contributed by atoms with Crippen molar-refractivity contribution in [2.45, 2.75) is 32.2 Å². The van der Waals surface area contributed by atoms with E-state index in [4.69, 9.17) is 4.52 Å². The Balaban J connectivity index is 1.86. The van der Waals surface area contributed by atoms with Gasteiger partial charge in [0.1, 0.15) is 0 Å². The predicted octanol–water partition coefficient (Wildman–Crippen LogP) is 1.30. The highest BCUT2D eigenvalue weighted by Gasteiger charge is 2.33. The topological polar surface area (TPSA) is 92.1 Å². The van der Waals surface area contributed by atoms with Crippen LogP contribution in [0.5, 0.6) is 0 Å². The molecule has 0 radical (unpaired) electrons. The Morgan fingerprint density at radius 1 is 1.57 bits per heavy atom. The highest BCUT2D eigenvalue weighted by molar-refractivity contribution is 5.92. The second-order valence-electron chi connectivity index (χ2n) is 5.02. The normalized spacial score (nSPS) is 18.1. The van der Waals surface area contributed by atoms with Gasteiger partial charge in [-0.25, -0.2) is 9.78 Å². The fraction of sp³-hybridized carbons (Fsp3) is 0.429. The van der Waals surface area contributed by atoms with E-state index in [9.17, 15) is 9.59 Å². The van der Waals surface area contributed by atoms with E-state index in [1.54, 1.807) is 17.0 Å². The van der Waals surface area contributed by atoms with Crippen molar-refractivity contribution in [3.8, 4) is 0 Å². The molecule has 0 aromatic carbocycles. The zero-order valence-electron chi connectivity index (χ0n) is 11.7. The molecule has 110 valence electrons. The Labute approximate surface area is 121 Å². The first-order valence-electron chi connectivity index (χ1n) is 7.01. The standard InChI is InChI=1S/C14H16N4O3/c1-2-9-8-12(21-17-9)13(19)18-7-3-4-11(18)10-5-6-15-14(20)16-10/h5-6,8,11H,2-4,7H2,1H3,(H,15,16,20)/t11-/m0/s1. The summed E-state index contributed by atoms with van der Waals surface area (Å²) in [4.78, 5) is 31.9. The molecule has 0 saturated carbocycles. The van der Waals surface area contributed by atoms with Gasteiger partial charge in [-0.15, -0.1) is 0 Å². The van der Waals surface area contributed by atoms with E-state index in [0.29, 0.717) is 12.2 Å². The zero-order chi connectivity index (χ0) is 14.8. The monoisotopic (exact) mass is 288 g/mol. The summed E-state index contributed by atoms with van der Waals surface area (Å²) in [5.74, 6) is 0.0533. The lowest BCUT2D eigenvalue weighted by atomic mass is 10.1. The minimum atomic E-state index is -0.403. The predicted molar refractivity (Wildman–Crippen MR) is 73.8 cm³/mol. The number of H-pyrrole nitrogens is 1. The number of aryl methyl sites for hydroxylation is 1. The van der Waals surface area contributed by atoms with Gasteiger partial charge >= 0.3 is 5.69 Å². The molecule has 0 spiro atoms. The molecule has 1 aliphatic heterocycles. The SMILES string of the molecule is CCc1cc(C(=O)N2CCC[C@H]2c2ccnc(=O)[nH]2)on1. The molecule has 1 aliphatic rings. The second-order valence-corrected chi connectivity index (χ2v) is 5.02. The van der Waals surface area contributed by atoms with Crippen molar-refractivity contribution in [3.05, 3.63) is 46.0 Å². The molecule has 0 bridgehead atoms. The number of carbonyl (C=O) groups is 1. The third kappa shape index (κ3) is 2.58. The second kappa shape index (κ2) is 5.51. The summed E-state index contributed by atoms with van der Waals surface area (Å²) >= 11 is 0. The number of nitrogens with zero attached hydrogens (tertiary/aromatic N) is 3. The van der Waals surface area contributed by atoms with Crippen LogP contribution >= 0.6 is 0 Å². The Morgan fingerprint density at radius 2 is 2.43 bits per heavy atom. The Kier molecular flexibility index (Phi) is 3.55. The van der Waals surface area contributed by atoms with E-state index in [0.717, 1.165) is 25.0 Å². The summed E-state index contributed by atoms with van der Waals surface area (Å²) in [6, 6.07) is 3.26. The first-order chi connectivity index (χ1) is 10.2. The summed E-state index contributed by atoms with van der Waals surface area (Å²) < 4.78 is 5.11. The van der Waals surface area contributed by atoms with Crippen molar-refractivity contribution >= 4 is 5.91 Å². The average molecular weight is 288 g/mol. The maximum absolute atomic E-state index is 12.5. The lowest BCUT2D eigenvalue weighted by Gasteiger charge is -2.23. The minimum absolute atomic E-state index is 0.150. The Bertz CT molecular complexity index is 706. The summed E-state index contributed by atoms with van der Waals surface area (Å²) in [5.41, 5.74) is 1.06. The zero-order valence-corrected chi connectivity index (χ0v) is 11.7. The van der Waals surface area contributed by atoms with Crippen molar-refractivity contribution < 1.29 is 9.32 Å². The summed E-state index contributed by atoms with van der Waals surface area (Å²) in [6.45, 7) is 2.59. The Morgan fingerprint density at radius 3 is 3.14 bits per heavy atom. The molecule has 3 rings (SSSR count). The van der Waals surface area contributed by atoms with Crippen LogP contribution in [0.25, 0.3) is 0 Å². The number of hydrogen-bond acceptors (Lipinski definition) is 5. The van der Waals surface area contributed by atoms with Crippen LogP contribution in [0.4, 0.5) is 0 Å². The number of aromatic nitrogens is 3. The third-order valence-electron chi connectivity index (χ3n) is 3.70. The number of aromatic amines is 1. The molecule has 0 aliphatic carbocycles. The molecule has 1 N–H and O–H groups in total. The van der Waals surface area contributed by atoms with Crippen LogP contribution in [0, 0.1) is 0 Å². The largest absolute Gasteiger partial charge is 0.351 e. The van der Waals surface area contributed by atoms with E-state index in [2.05, 4.69) is 15.1 Å². The molecule has 7 nitrogen and oxygen atoms in total. The van der Waals surface area contributed by atoms with Gasteiger partial charge in [-0.2, -0.15) is 0 Å². The van der Waals surface area contributed by atoms with Crippen molar-refractivity contribution in [3.63, 3.8) is 0 Å². The molecule has 0 unspecified atom stereocenters. The third-order valence-corrected chi connectivity index (χ3v) is 3.70. The van der Waals surface area contributed by atoms with Crippen molar-refractivity contribution in [2.24, 2.45) is 0 Å². The molecular formula is C14H16N4O3. The maximum Gasteiger partial charge on any atom is 0.345 e.